The van der Waals surface area contributed by atoms with Gasteiger partial charge in [-0.15, -0.1) is 0 Å². The van der Waals surface area contributed by atoms with Crippen molar-refractivity contribution in [3.63, 3.8) is 0 Å². The standard InChI is InChI=1S/C19H21N3O3/c1-13-5-3-6-14(9-13)20-19(24)21-15-10-18(23)22(12-15)16-7-4-8-17(11-16)25-2/h3-9,11,15H,10,12H2,1-2H3,(H2,20,21,24)/t15-/m0/s1. The highest BCUT2D eigenvalue weighted by molar-refractivity contribution is 5.97. The van der Waals surface area contributed by atoms with E-state index in [2.05, 4.69) is 10.6 Å². The molecule has 0 bridgehead atoms. The van der Waals surface area contributed by atoms with E-state index < -0.39 is 0 Å². The minimum atomic E-state index is -0.309. The van der Waals surface area contributed by atoms with E-state index in [1.807, 2.05) is 55.5 Å². The Balaban J connectivity index is 1.61. The molecule has 3 rings (SSSR count). The average molecular weight is 339 g/mol. The number of methoxy groups -OCH3 is 1. The first-order chi connectivity index (χ1) is 12.0. The lowest BCUT2D eigenvalue weighted by Crippen LogP contribution is -2.39. The second kappa shape index (κ2) is 7.25. The summed E-state index contributed by atoms with van der Waals surface area (Å²) in [4.78, 5) is 26.1. The summed E-state index contributed by atoms with van der Waals surface area (Å²) in [5.41, 5.74) is 2.57. The predicted octanol–water partition coefficient (Wildman–Crippen LogP) is 2.93. The number of carbonyl (C=O) groups excluding carboxylic acids is 2. The van der Waals surface area contributed by atoms with E-state index in [0.29, 0.717) is 12.3 Å². The highest BCUT2D eigenvalue weighted by Gasteiger charge is 2.31. The van der Waals surface area contributed by atoms with Gasteiger partial charge < -0.3 is 20.3 Å². The predicted molar refractivity (Wildman–Crippen MR) is 97.1 cm³/mol. The Hall–Kier alpha value is -3.02. The monoisotopic (exact) mass is 339 g/mol. The van der Waals surface area contributed by atoms with Crippen molar-refractivity contribution >= 4 is 23.3 Å². The number of hydrogen-bond acceptors (Lipinski definition) is 3. The summed E-state index contributed by atoms with van der Waals surface area (Å²) >= 11 is 0. The molecule has 25 heavy (non-hydrogen) atoms. The number of urea groups is 1. The molecule has 6 heteroatoms. The summed E-state index contributed by atoms with van der Waals surface area (Å²) in [6.45, 7) is 2.40. The Labute approximate surface area is 146 Å². The van der Waals surface area contributed by atoms with Crippen LogP contribution in [-0.4, -0.2) is 31.6 Å². The molecule has 2 N–H and O–H groups in total. The van der Waals surface area contributed by atoms with Crippen molar-refractivity contribution in [2.75, 3.05) is 23.9 Å². The van der Waals surface area contributed by atoms with Gasteiger partial charge in [0.05, 0.1) is 13.2 Å². The van der Waals surface area contributed by atoms with E-state index in [4.69, 9.17) is 4.74 Å². The fourth-order valence-corrected chi connectivity index (χ4v) is 2.91. The van der Waals surface area contributed by atoms with Gasteiger partial charge in [0.1, 0.15) is 5.75 Å². The average Bonchev–Trinajstić information content (AvgIpc) is 2.95. The summed E-state index contributed by atoms with van der Waals surface area (Å²) in [6.07, 6.45) is 0.276. The van der Waals surface area contributed by atoms with Crippen LogP contribution in [0.15, 0.2) is 48.5 Å². The van der Waals surface area contributed by atoms with Crippen LogP contribution in [0.1, 0.15) is 12.0 Å². The maximum absolute atomic E-state index is 12.3. The maximum atomic E-state index is 12.3. The molecule has 2 aromatic carbocycles. The zero-order valence-corrected chi connectivity index (χ0v) is 14.3. The molecule has 0 unspecified atom stereocenters. The first-order valence-corrected chi connectivity index (χ1v) is 8.14. The highest BCUT2D eigenvalue weighted by atomic mass is 16.5. The Morgan fingerprint density at radius 1 is 1.20 bits per heavy atom. The Morgan fingerprint density at radius 2 is 2.00 bits per heavy atom. The largest absolute Gasteiger partial charge is 0.497 e. The molecule has 3 amide bonds. The SMILES string of the molecule is COc1cccc(N2C[C@@H](NC(=O)Nc3cccc(C)c3)CC2=O)c1. The van der Waals surface area contributed by atoms with Gasteiger partial charge in [-0.25, -0.2) is 4.79 Å². The van der Waals surface area contributed by atoms with E-state index in [1.54, 1.807) is 12.0 Å². The van der Waals surface area contributed by atoms with Crippen LogP contribution in [0.3, 0.4) is 0 Å². The molecule has 2 aromatic rings. The van der Waals surface area contributed by atoms with Crippen molar-refractivity contribution in [2.45, 2.75) is 19.4 Å². The Bertz CT molecular complexity index is 791. The molecule has 0 aliphatic carbocycles. The fourth-order valence-electron chi connectivity index (χ4n) is 2.91. The van der Waals surface area contributed by atoms with Crippen molar-refractivity contribution in [1.29, 1.82) is 0 Å². The fraction of sp³-hybridized carbons (Fsp3) is 0.263. The van der Waals surface area contributed by atoms with Crippen LogP contribution >= 0.6 is 0 Å². The third-order valence-corrected chi connectivity index (χ3v) is 4.10. The molecule has 6 nitrogen and oxygen atoms in total. The zero-order valence-electron chi connectivity index (χ0n) is 14.3. The normalized spacial score (nSPS) is 16.6. The van der Waals surface area contributed by atoms with Crippen LogP contribution in [0.25, 0.3) is 0 Å². The number of rotatable bonds is 4. The second-order valence-corrected chi connectivity index (χ2v) is 6.07. The number of aryl methyl sites for hydroxylation is 1. The molecular weight excluding hydrogens is 318 g/mol. The topological polar surface area (TPSA) is 70.7 Å². The van der Waals surface area contributed by atoms with Crippen LogP contribution in [0.2, 0.25) is 0 Å². The van der Waals surface area contributed by atoms with Gasteiger partial charge in [0, 0.05) is 30.4 Å². The molecule has 0 radical (unpaired) electrons. The third-order valence-electron chi connectivity index (χ3n) is 4.10. The summed E-state index contributed by atoms with van der Waals surface area (Å²) in [7, 11) is 1.59. The number of benzene rings is 2. The van der Waals surface area contributed by atoms with Gasteiger partial charge in [-0.1, -0.05) is 18.2 Å². The van der Waals surface area contributed by atoms with Gasteiger partial charge in [-0.3, -0.25) is 4.79 Å². The summed E-state index contributed by atoms with van der Waals surface area (Å²) in [5.74, 6) is 0.674. The number of carbonyl (C=O) groups is 2. The highest BCUT2D eigenvalue weighted by Crippen LogP contribution is 2.25. The molecule has 1 aliphatic rings. The number of nitrogens with one attached hydrogen (secondary N) is 2. The van der Waals surface area contributed by atoms with E-state index in [-0.39, 0.29) is 24.4 Å². The molecule has 130 valence electrons. The van der Waals surface area contributed by atoms with Crippen molar-refractivity contribution in [2.24, 2.45) is 0 Å². The van der Waals surface area contributed by atoms with E-state index in [1.165, 1.54) is 0 Å². The lowest BCUT2D eigenvalue weighted by Gasteiger charge is -2.18. The first kappa shape index (κ1) is 16.8. The molecule has 1 atom stereocenters. The van der Waals surface area contributed by atoms with Crippen molar-refractivity contribution in [3.05, 3.63) is 54.1 Å². The van der Waals surface area contributed by atoms with Crippen LogP contribution in [-0.2, 0) is 4.79 Å². The summed E-state index contributed by atoms with van der Waals surface area (Å²) < 4.78 is 5.20. The quantitative estimate of drug-likeness (QED) is 0.900. The molecule has 0 spiro atoms. The van der Waals surface area contributed by atoms with Gasteiger partial charge in [0.2, 0.25) is 5.91 Å². The minimum Gasteiger partial charge on any atom is -0.497 e. The van der Waals surface area contributed by atoms with Crippen molar-refractivity contribution < 1.29 is 14.3 Å². The molecule has 0 aromatic heterocycles. The minimum absolute atomic E-state index is 0.0193. The number of hydrogen-bond donors (Lipinski definition) is 2. The molecule has 1 heterocycles. The number of anilines is 2. The van der Waals surface area contributed by atoms with Crippen LogP contribution in [0, 0.1) is 6.92 Å². The van der Waals surface area contributed by atoms with Crippen LogP contribution in [0.4, 0.5) is 16.2 Å². The molecule has 1 fully saturated rings. The van der Waals surface area contributed by atoms with Gasteiger partial charge in [0.25, 0.3) is 0 Å². The zero-order chi connectivity index (χ0) is 17.8. The van der Waals surface area contributed by atoms with Crippen molar-refractivity contribution in [3.8, 4) is 5.75 Å². The van der Waals surface area contributed by atoms with Gasteiger partial charge in [-0.05, 0) is 36.8 Å². The Kier molecular flexibility index (Phi) is 4.88. The van der Waals surface area contributed by atoms with E-state index in [0.717, 1.165) is 16.9 Å². The number of nitrogens with zero attached hydrogens (tertiary/aromatic N) is 1. The number of amides is 3. The molecule has 0 saturated carbocycles. The first-order valence-electron chi connectivity index (χ1n) is 8.14. The van der Waals surface area contributed by atoms with Crippen molar-refractivity contribution in [1.82, 2.24) is 5.32 Å². The smallest absolute Gasteiger partial charge is 0.319 e. The Morgan fingerprint density at radius 3 is 2.76 bits per heavy atom. The molecule has 1 aliphatic heterocycles. The lowest BCUT2D eigenvalue weighted by atomic mass is 10.2. The second-order valence-electron chi connectivity index (χ2n) is 6.07. The lowest BCUT2D eigenvalue weighted by molar-refractivity contribution is -0.117. The van der Waals surface area contributed by atoms with Crippen LogP contribution in [0.5, 0.6) is 5.75 Å². The van der Waals surface area contributed by atoms with E-state index in [9.17, 15) is 9.59 Å². The van der Waals surface area contributed by atoms with E-state index >= 15 is 0 Å². The van der Waals surface area contributed by atoms with Gasteiger partial charge in [-0.2, -0.15) is 0 Å². The number of ether oxygens (including phenoxy) is 1. The molecular formula is C19H21N3O3. The maximum Gasteiger partial charge on any atom is 0.319 e. The van der Waals surface area contributed by atoms with Crippen LogP contribution < -0.4 is 20.3 Å². The van der Waals surface area contributed by atoms with Gasteiger partial charge >= 0.3 is 6.03 Å². The summed E-state index contributed by atoms with van der Waals surface area (Å²) in [6, 6.07) is 14.4. The van der Waals surface area contributed by atoms with Gasteiger partial charge in [0.15, 0.2) is 0 Å². The third kappa shape index (κ3) is 4.09. The summed E-state index contributed by atoms with van der Waals surface area (Å²) in [5, 5.41) is 5.66. The molecule has 1 saturated heterocycles.